The van der Waals surface area contributed by atoms with Crippen LogP contribution in [0.5, 0.6) is 0 Å². The molecule has 0 rings (SSSR count). The number of carboxylic acid groups (broad SMARTS) is 1. The topological polar surface area (TPSA) is 102 Å². The molecule has 0 heterocycles. The Labute approximate surface area is 127 Å². The van der Waals surface area contributed by atoms with E-state index in [1.165, 1.54) is 0 Å². The Morgan fingerprint density at radius 1 is 1.24 bits per heavy atom. The number of nitrogens with one attached hydrogen (secondary N) is 1. The molecular formula is C15H30N2O4. The maximum absolute atomic E-state index is 11.8. The minimum absolute atomic E-state index is 0.0122. The van der Waals surface area contributed by atoms with Crippen LogP contribution >= 0.6 is 0 Å². The van der Waals surface area contributed by atoms with E-state index >= 15 is 0 Å². The van der Waals surface area contributed by atoms with E-state index in [9.17, 15) is 9.59 Å². The highest BCUT2D eigenvalue weighted by atomic mass is 16.5. The Balaban J connectivity index is 4.18. The molecule has 0 aromatic carbocycles. The van der Waals surface area contributed by atoms with Crippen LogP contribution in [-0.4, -0.2) is 43.3 Å². The Morgan fingerprint density at radius 3 is 2.33 bits per heavy atom. The Morgan fingerprint density at radius 2 is 1.86 bits per heavy atom. The molecule has 6 nitrogen and oxygen atoms in total. The first kappa shape index (κ1) is 19.9. The van der Waals surface area contributed by atoms with Crippen LogP contribution in [0.3, 0.4) is 0 Å². The van der Waals surface area contributed by atoms with E-state index in [1.807, 2.05) is 0 Å². The lowest BCUT2D eigenvalue weighted by Crippen LogP contribution is -2.42. The minimum Gasteiger partial charge on any atom is -0.481 e. The maximum atomic E-state index is 11.8. The van der Waals surface area contributed by atoms with Crippen molar-refractivity contribution >= 4 is 11.9 Å². The number of aliphatic carboxylic acids is 1. The van der Waals surface area contributed by atoms with Crippen molar-refractivity contribution in [2.24, 2.45) is 17.1 Å². The molecule has 0 spiro atoms. The molecule has 0 saturated heterocycles. The van der Waals surface area contributed by atoms with Crippen LogP contribution in [0.25, 0.3) is 0 Å². The van der Waals surface area contributed by atoms with Crippen LogP contribution in [0.4, 0.5) is 0 Å². The summed E-state index contributed by atoms with van der Waals surface area (Å²) in [6.45, 7) is 7.24. The van der Waals surface area contributed by atoms with Gasteiger partial charge in [-0.25, -0.2) is 0 Å². The standard InChI is InChI=1S/C15H30N2O4/c1-15(2,3)11(5-6-13(18)19)7-9-17-14(20)12(16)8-10-21-4/h11-12H,5-10,16H2,1-4H3,(H,17,20)(H,18,19). The number of carbonyl (C=O) groups is 2. The number of ether oxygens (including phenoxy) is 1. The zero-order valence-corrected chi connectivity index (χ0v) is 13.6. The van der Waals surface area contributed by atoms with Gasteiger partial charge in [0.05, 0.1) is 6.04 Å². The molecule has 0 radical (unpaired) electrons. The van der Waals surface area contributed by atoms with Gasteiger partial charge in [-0.3, -0.25) is 9.59 Å². The van der Waals surface area contributed by atoms with Crippen molar-refractivity contribution < 1.29 is 19.4 Å². The molecule has 6 heteroatoms. The third-order valence-corrected chi connectivity index (χ3v) is 3.69. The van der Waals surface area contributed by atoms with Crippen molar-refractivity contribution in [1.29, 1.82) is 0 Å². The molecule has 2 unspecified atom stereocenters. The number of methoxy groups -OCH3 is 1. The summed E-state index contributed by atoms with van der Waals surface area (Å²) < 4.78 is 4.89. The van der Waals surface area contributed by atoms with Gasteiger partial charge in [0.2, 0.25) is 5.91 Å². The maximum Gasteiger partial charge on any atom is 0.303 e. The highest BCUT2D eigenvalue weighted by Crippen LogP contribution is 2.32. The van der Waals surface area contributed by atoms with Gasteiger partial charge in [-0.15, -0.1) is 0 Å². The molecule has 21 heavy (non-hydrogen) atoms. The second-order valence-corrected chi connectivity index (χ2v) is 6.46. The van der Waals surface area contributed by atoms with Gasteiger partial charge in [-0.05, 0) is 30.6 Å². The summed E-state index contributed by atoms with van der Waals surface area (Å²) >= 11 is 0. The molecule has 4 N–H and O–H groups in total. The van der Waals surface area contributed by atoms with Crippen LogP contribution in [0.15, 0.2) is 0 Å². The molecule has 0 fully saturated rings. The zero-order chi connectivity index (χ0) is 16.5. The molecule has 0 aromatic heterocycles. The second-order valence-electron chi connectivity index (χ2n) is 6.46. The molecule has 0 aliphatic rings. The lowest BCUT2D eigenvalue weighted by molar-refractivity contribution is -0.137. The summed E-state index contributed by atoms with van der Waals surface area (Å²) in [7, 11) is 1.57. The monoisotopic (exact) mass is 302 g/mol. The van der Waals surface area contributed by atoms with E-state index in [4.69, 9.17) is 15.6 Å². The molecule has 0 aromatic rings. The summed E-state index contributed by atoms with van der Waals surface area (Å²) in [5.41, 5.74) is 5.75. The first-order chi connectivity index (χ1) is 9.68. The third kappa shape index (κ3) is 9.42. The van der Waals surface area contributed by atoms with Crippen molar-refractivity contribution in [2.45, 2.75) is 52.5 Å². The molecule has 0 saturated carbocycles. The van der Waals surface area contributed by atoms with Gasteiger partial charge in [0.25, 0.3) is 0 Å². The predicted molar refractivity (Wildman–Crippen MR) is 81.9 cm³/mol. The number of amides is 1. The average Bonchev–Trinajstić information content (AvgIpc) is 2.37. The van der Waals surface area contributed by atoms with Crippen molar-refractivity contribution in [1.82, 2.24) is 5.32 Å². The van der Waals surface area contributed by atoms with Gasteiger partial charge >= 0.3 is 5.97 Å². The second kappa shape index (κ2) is 9.73. The lowest BCUT2D eigenvalue weighted by Gasteiger charge is -2.30. The Kier molecular flexibility index (Phi) is 9.21. The number of hydrogen-bond acceptors (Lipinski definition) is 4. The van der Waals surface area contributed by atoms with Gasteiger partial charge in [-0.2, -0.15) is 0 Å². The molecule has 2 atom stereocenters. The molecule has 124 valence electrons. The van der Waals surface area contributed by atoms with E-state index in [-0.39, 0.29) is 23.7 Å². The lowest BCUT2D eigenvalue weighted by atomic mass is 9.76. The first-order valence-corrected chi connectivity index (χ1v) is 7.42. The van der Waals surface area contributed by atoms with Crippen molar-refractivity contribution in [3.63, 3.8) is 0 Å². The number of nitrogens with two attached hydrogens (primary N) is 1. The van der Waals surface area contributed by atoms with Gasteiger partial charge in [-0.1, -0.05) is 20.8 Å². The Bertz CT molecular complexity index is 326. The van der Waals surface area contributed by atoms with Crippen LogP contribution in [0, 0.1) is 11.3 Å². The average molecular weight is 302 g/mol. The van der Waals surface area contributed by atoms with Gasteiger partial charge in [0.15, 0.2) is 0 Å². The van der Waals surface area contributed by atoms with Crippen LogP contribution < -0.4 is 11.1 Å². The summed E-state index contributed by atoms with van der Waals surface area (Å²) in [6.07, 6.45) is 2.01. The van der Waals surface area contributed by atoms with Crippen molar-refractivity contribution in [3.8, 4) is 0 Å². The van der Waals surface area contributed by atoms with Crippen molar-refractivity contribution in [2.75, 3.05) is 20.3 Å². The molecular weight excluding hydrogens is 272 g/mol. The largest absolute Gasteiger partial charge is 0.481 e. The zero-order valence-electron chi connectivity index (χ0n) is 13.6. The summed E-state index contributed by atoms with van der Waals surface area (Å²) in [5, 5.41) is 11.6. The Hall–Kier alpha value is -1.14. The smallest absolute Gasteiger partial charge is 0.303 e. The molecule has 0 bridgehead atoms. The van der Waals surface area contributed by atoms with Crippen LogP contribution in [0.2, 0.25) is 0 Å². The van der Waals surface area contributed by atoms with E-state index < -0.39 is 12.0 Å². The van der Waals surface area contributed by atoms with Gasteiger partial charge in [0.1, 0.15) is 0 Å². The number of carbonyl (C=O) groups excluding carboxylic acids is 1. The molecule has 0 aliphatic carbocycles. The van der Waals surface area contributed by atoms with Gasteiger partial charge < -0.3 is 20.9 Å². The minimum atomic E-state index is -0.783. The predicted octanol–water partition coefficient (Wildman–Crippen LogP) is 1.38. The highest BCUT2D eigenvalue weighted by Gasteiger charge is 2.25. The fraction of sp³-hybridized carbons (Fsp3) is 0.867. The van der Waals surface area contributed by atoms with E-state index in [0.29, 0.717) is 26.0 Å². The SMILES string of the molecule is COCCC(N)C(=O)NCCC(CCC(=O)O)C(C)(C)C. The van der Waals surface area contributed by atoms with Crippen LogP contribution in [0.1, 0.15) is 46.5 Å². The van der Waals surface area contributed by atoms with E-state index in [1.54, 1.807) is 7.11 Å². The fourth-order valence-corrected chi connectivity index (χ4v) is 2.18. The fourth-order valence-electron chi connectivity index (χ4n) is 2.18. The summed E-state index contributed by atoms with van der Waals surface area (Å²) in [5.74, 6) is -0.725. The normalized spacial score (nSPS) is 14.5. The third-order valence-electron chi connectivity index (χ3n) is 3.69. The number of carboxylic acids is 1. The highest BCUT2D eigenvalue weighted by molar-refractivity contribution is 5.81. The first-order valence-electron chi connectivity index (χ1n) is 7.42. The van der Waals surface area contributed by atoms with E-state index in [0.717, 1.165) is 6.42 Å². The summed E-state index contributed by atoms with van der Waals surface area (Å²) in [4.78, 5) is 22.5. The molecule has 0 aliphatic heterocycles. The van der Waals surface area contributed by atoms with E-state index in [2.05, 4.69) is 26.1 Å². The number of rotatable bonds is 10. The van der Waals surface area contributed by atoms with Crippen molar-refractivity contribution in [3.05, 3.63) is 0 Å². The number of hydrogen-bond donors (Lipinski definition) is 3. The van der Waals surface area contributed by atoms with Gasteiger partial charge in [0, 0.05) is 26.7 Å². The quantitative estimate of drug-likeness (QED) is 0.566. The molecule has 1 amide bonds. The van der Waals surface area contributed by atoms with Crippen LogP contribution in [-0.2, 0) is 14.3 Å². The summed E-state index contributed by atoms with van der Waals surface area (Å²) in [6, 6.07) is -0.558.